The van der Waals surface area contributed by atoms with Crippen molar-refractivity contribution in [2.24, 2.45) is 5.73 Å². The number of primary amides is 1. The third-order valence-corrected chi connectivity index (χ3v) is 3.15. The first-order chi connectivity index (χ1) is 9.38. The van der Waals surface area contributed by atoms with Crippen LogP contribution >= 0.6 is 15.9 Å². The van der Waals surface area contributed by atoms with E-state index in [2.05, 4.69) is 20.9 Å². The quantitative estimate of drug-likeness (QED) is 0.931. The summed E-state index contributed by atoms with van der Waals surface area (Å²) in [6.07, 6.45) is 0. The first-order valence-electron chi connectivity index (χ1n) is 5.79. The molecule has 0 fully saturated rings. The third-order valence-electron chi connectivity index (χ3n) is 2.66. The van der Waals surface area contributed by atoms with E-state index in [1.54, 1.807) is 26.0 Å². The minimum absolute atomic E-state index is 0.00648. The molecule has 0 radical (unpaired) electrons. The van der Waals surface area contributed by atoms with Gasteiger partial charge in [-0.1, -0.05) is 15.9 Å². The van der Waals surface area contributed by atoms with Crippen LogP contribution in [-0.4, -0.2) is 10.9 Å². The molecule has 0 saturated carbocycles. The number of carbonyl (C=O) groups excluding carboxylic acids is 1. The molecule has 0 bridgehead atoms. The molecule has 1 aromatic heterocycles. The first kappa shape index (κ1) is 14.5. The van der Waals surface area contributed by atoms with Crippen LogP contribution in [0.1, 0.15) is 21.6 Å². The summed E-state index contributed by atoms with van der Waals surface area (Å²) in [4.78, 5) is 15.6. The number of aryl methyl sites for hydroxylation is 2. The van der Waals surface area contributed by atoms with Gasteiger partial charge in [0.25, 0.3) is 5.91 Å². The Labute approximate surface area is 123 Å². The number of hydrogen-bond donors (Lipinski definition) is 1. The van der Waals surface area contributed by atoms with Gasteiger partial charge in [-0.05, 0) is 43.7 Å². The van der Waals surface area contributed by atoms with Crippen molar-refractivity contribution in [1.29, 1.82) is 0 Å². The summed E-state index contributed by atoms with van der Waals surface area (Å²) in [7, 11) is 0. The Morgan fingerprint density at radius 3 is 2.70 bits per heavy atom. The number of carbonyl (C=O) groups is 1. The smallest absolute Gasteiger partial charge is 0.254 e. The molecule has 1 amide bonds. The van der Waals surface area contributed by atoms with Gasteiger partial charge >= 0.3 is 0 Å². The molecular weight excluding hydrogens is 327 g/mol. The van der Waals surface area contributed by atoms with Gasteiger partial charge in [-0.2, -0.15) is 0 Å². The third kappa shape index (κ3) is 2.96. The van der Waals surface area contributed by atoms with Crippen LogP contribution in [-0.2, 0) is 0 Å². The zero-order valence-corrected chi connectivity index (χ0v) is 12.5. The van der Waals surface area contributed by atoms with Crippen LogP contribution in [0.4, 0.5) is 4.39 Å². The lowest BCUT2D eigenvalue weighted by Crippen LogP contribution is -2.15. The van der Waals surface area contributed by atoms with Gasteiger partial charge in [-0.15, -0.1) is 0 Å². The largest absolute Gasteiger partial charge is 0.435 e. The van der Waals surface area contributed by atoms with E-state index < -0.39 is 11.7 Å². The molecule has 6 heteroatoms. The average molecular weight is 339 g/mol. The lowest BCUT2D eigenvalue weighted by molar-refractivity contribution is 0.0996. The van der Waals surface area contributed by atoms with Crippen molar-refractivity contribution >= 4 is 21.8 Å². The van der Waals surface area contributed by atoms with Gasteiger partial charge in [0, 0.05) is 10.2 Å². The molecule has 0 unspecified atom stereocenters. The fourth-order valence-corrected chi connectivity index (χ4v) is 2.18. The summed E-state index contributed by atoms with van der Waals surface area (Å²) in [6.45, 7) is 3.47. The number of amides is 1. The zero-order valence-electron chi connectivity index (χ0n) is 10.9. The molecule has 2 rings (SSSR count). The predicted octanol–water partition coefficient (Wildman–Crippen LogP) is 3.49. The summed E-state index contributed by atoms with van der Waals surface area (Å²) in [6, 6.07) is 5.97. The lowest BCUT2D eigenvalue weighted by atomic mass is 10.1. The number of rotatable bonds is 3. The second-order valence-electron chi connectivity index (χ2n) is 4.30. The minimum Gasteiger partial charge on any atom is -0.435 e. The van der Waals surface area contributed by atoms with Crippen LogP contribution in [0.25, 0.3) is 0 Å². The summed E-state index contributed by atoms with van der Waals surface area (Å²) in [5.41, 5.74) is 6.76. The van der Waals surface area contributed by atoms with Crippen molar-refractivity contribution in [3.05, 3.63) is 51.4 Å². The number of hydrogen-bond acceptors (Lipinski definition) is 3. The highest BCUT2D eigenvalue weighted by Crippen LogP contribution is 2.30. The lowest BCUT2D eigenvalue weighted by Gasteiger charge is -2.12. The molecule has 104 valence electrons. The Kier molecular flexibility index (Phi) is 4.04. The van der Waals surface area contributed by atoms with Crippen LogP contribution in [0.15, 0.2) is 28.7 Å². The molecule has 0 saturated heterocycles. The molecule has 0 aliphatic carbocycles. The van der Waals surface area contributed by atoms with E-state index in [1.807, 2.05) is 0 Å². The topological polar surface area (TPSA) is 65.2 Å². The maximum absolute atomic E-state index is 13.7. The van der Waals surface area contributed by atoms with Gasteiger partial charge in [-0.3, -0.25) is 4.79 Å². The van der Waals surface area contributed by atoms with E-state index in [9.17, 15) is 9.18 Å². The van der Waals surface area contributed by atoms with Crippen LogP contribution in [0.2, 0.25) is 0 Å². The van der Waals surface area contributed by atoms with E-state index in [1.165, 1.54) is 12.1 Å². The molecule has 2 N–H and O–H groups in total. The average Bonchev–Trinajstić information content (AvgIpc) is 2.32. The molecule has 1 heterocycles. The van der Waals surface area contributed by atoms with E-state index >= 15 is 0 Å². The molecule has 4 nitrogen and oxygen atoms in total. The van der Waals surface area contributed by atoms with E-state index in [0.717, 1.165) is 0 Å². The summed E-state index contributed by atoms with van der Waals surface area (Å²) < 4.78 is 19.8. The molecule has 2 aromatic rings. The van der Waals surface area contributed by atoms with Crippen LogP contribution in [0, 0.1) is 19.7 Å². The van der Waals surface area contributed by atoms with Gasteiger partial charge in [0.05, 0.1) is 0 Å². The van der Waals surface area contributed by atoms with Crippen LogP contribution < -0.4 is 10.5 Å². The van der Waals surface area contributed by atoms with E-state index in [4.69, 9.17) is 10.5 Å². The Morgan fingerprint density at radius 2 is 2.05 bits per heavy atom. The fourth-order valence-electron chi connectivity index (χ4n) is 1.84. The SMILES string of the molecule is Cc1cc(C)c(C(N)=O)c(Oc2cc(Br)ccc2F)n1. The molecule has 20 heavy (non-hydrogen) atoms. The van der Waals surface area contributed by atoms with Gasteiger partial charge in [0.2, 0.25) is 5.88 Å². The van der Waals surface area contributed by atoms with Gasteiger partial charge in [0.1, 0.15) is 5.56 Å². The zero-order chi connectivity index (χ0) is 14.9. The van der Waals surface area contributed by atoms with E-state index in [-0.39, 0.29) is 17.2 Å². The number of ether oxygens (including phenoxy) is 1. The monoisotopic (exact) mass is 338 g/mol. The van der Waals surface area contributed by atoms with Gasteiger partial charge in [0.15, 0.2) is 11.6 Å². The highest BCUT2D eigenvalue weighted by atomic mass is 79.9. The van der Waals surface area contributed by atoms with Crippen LogP contribution in [0.5, 0.6) is 11.6 Å². The maximum Gasteiger partial charge on any atom is 0.254 e. The molecule has 0 aliphatic rings. The van der Waals surface area contributed by atoms with Crippen molar-refractivity contribution in [3.8, 4) is 11.6 Å². The normalized spacial score (nSPS) is 10.4. The van der Waals surface area contributed by atoms with Gasteiger partial charge in [-0.25, -0.2) is 9.37 Å². The number of nitrogens with zero attached hydrogens (tertiary/aromatic N) is 1. The predicted molar refractivity (Wildman–Crippen MR) is 76.4 cm³/mol. The van der Waals surface area contributed by atoms with Crippen molar-refractivity contribution < 1.29 is 13.9 Å². The Morgan fingerprint density at radius 1 is 1.35 bits per heavy atom. The number of pyridine rings is 1. The van der Waals surface area contributed by atoms with Crippen molar-refractivity contribution in [2.75, 3.05) is 0 Å². The molecule has 1 aromatic carbocycles. The number of benzene rings is 1. The van der Waals surface area contributed by atoms with Crippen LogP contribution in [0.3, 0.4) is 0 Å². The summed E-state index contributed by atoms with van der Waals surface area (Å²) in [5, 5.41) is 0. The standard InChI is InChI=1S/C14H12BrFN2O2/c1-7-5-8(2)18-14(12(7)13(17)19)20-11-6-9(15)3-4-10(11)16/h3-6H,1-2H3,(H2,17,19). The maximum atomic E-state index is 13.7. The first-order valence-corrected chi connectivity index (χ1v) is 6.58. The second kappa shape index (κ2) is 5.58. The highest BCUT2D eigenvalue weighted by Gasteiger charge is 2.17. The molecular formula is C14H12BrFN2O2. The number of nitrogens with two attached hydrogens (primary N) is 1. The fraction of sp³-hybridized carbons (Fsp3) is 0.143. The van der Waals surface area contributed by atoms with Crippen molar-refractivity contribution in [1.82, 2.24) is 4.98 Å². The minimum atomic E-state index is -0.666. The number of halogens is 2. The van der Waals surface area contributed by atoms with Crippen molar-refractivity contribution in [2.45, 2.75) is 13.8 Å². The molecule has 0 spiro atoms. The molecule has 0 atom stereocenters. The number of aromatic nitrogens is 1. The highest BCUT2D eigenvalue weighted by molar-refractivity contribution is 9.10. The Balaban J connectivity index is 2.53. The van der Waals surface area contributed by atoms with Gasteiger partial charge < -0.3 is 10.5 Å². The second-order valence-corrected chi connectivity index (χ2v) is 5.22. The van der Waals surface area contributed by atoms with Crippen molar-refractivity contribution in [3.63, 3.8) is 0 Å². The molecule has 0 aliphatic heterocycles. The van der Waals surface area contributed by atoms with E-state index in [0.29, 0.717) is 15.7 Å². The summed E-state index contributed by atoms with van der Waals surface area (Å²) >= 11 is 3.23. The Bertz CT molecular complexity index is 689. The summed E-state index contributed by atoms with van der Waals surface area (Å²) in [5.74, 6) is -1.24. The Hall–Kier alpha value is -1.95.